The van der Waals surface area contributed by atoms with Crippen molar-refractivity contribution in [3.63, 3.8) is 0 Å². The molecule has 0 bridgehead atoms. The molecule has 0 radical (unpaired) electrons. The van der Waals surface area contributed by atoms with Gasteiger partial charge in [0.05, 0.1) is 12.8 Å². The van der Waals surface area contributed by atoms with E-state index in [1.54, 1.807) is 0 Å². The number of nitrogens with zero attached hydrogens (tertiary/aromatic N) is 2. The maximum Gasteiger partial charge on any atom is 0.140 e. The zero-order chi connectivity index (χ0) is 11.9. The highest BCUT2D eigenvalue weighted by Crippen LogP contribution is 2.17. The van der Waals surface area contributed by atoms with Crippen LogP contribution in [0.4, 0.5) is 0 Å². The van der Waals surface area contributed by atoms with Crippen molar-refractivity contribution in [3.8, 4) is 5.75 Å². The average Bonchev–Trinajstić information content (AvgIpc) is 2.39. The van der Waals surface area contributed by atoms with E-state index in [0.717, 1.165) is 44.9 Å². The molecule has 0 unspecified atom stereocenters. The Hall–Kier alpha value is -1.13. The molecule has 0 atom stereocenters. The predicted octanol–water partition coefficient (Wildman–Crippen LogP) is 0.928. The molecule has 1 aliphatic rings. The van der Waals surface area contributed by atoms with Crippen molar-refractivity contribution in [2.45, 2.75) is 13.3 Å². The Labute approximate surface area is 103 Å². The van der Waals surface area contributed by atoms with Crippen LogP contribution in [0.5, 0.6) is 5.75 Å². The molecule has 0 aromatic carbocycles. The minimum absolute atomic E-state index is 0.701. The van der Waals surface area contributed by atoms with Crippen LogP contribution < -0.4 is 10.1 Å². The van der Waals surface area contributed by atoms with Crippen LogP contribution in [0, 0.1) is 0 Å². The van der Waals surface area contributed by atoms with Crippen molar-refractivity contribution >= 4 is 0 Å². The van der Waals surface area contributed by atoms with Crippen molar-refractivity contribution in [2.75, 3.05) is 39.3 Å². The molecule has 1 fully saturated rings. The van der Waals surface area contributed by atoms with Crippen LogP contribution in [-0.4, -0.2) is 49.2 Å². The molecule has 0 amide bonds. The normalized spacial score (nSPS) is 17.0. The zero-order valence-corrected chi connectivity index (χ0v) is 10.5. The summed E-state index contributed by atoms with van der Waals surface area (Å²) in [5.41, 5.74) is 1.26. The Morgan fingerprint density at radius 1 is 1.41 bits per heavy atom. The fraction of sp³-hybridized carbons (Fsp3) is 0.615. The number of aromatic nitrogens is 1. The van der Waals surface area contributed by atoms with Gasteiger partial charge >= 0.3 is 0 Å². The lowest BCUT2D eigenvalue weighted by molar-refractivity contribution is 0.242. The molecule has 0 saturated carbocycles. The SMILES string of the molecule is CCOc1cnccc1CCN1CCNCC1. The monoisotopic (exact) mass is 235 g/mol. The summed E-state index contributed by atoms with van der Waals surface area (Å²) in [6, 6.07) is 2.06. The first-order valence-electron chi connectivity index (χ1n) is 6.39. The molecule has 4 nitrogen and oxygen atoms in total. The van der Waals surface area contributed by atoms with Gasteiger partial charge in [0.25, 0.3) is 0 Å². The number of piperazine rings is 1. The third kappa shape index (κ3) is 3.68. The Balaban J connectivity index is 1.88. The van der Waals surface area contributed by atoms with E-state index in [2.05, 4.69) is 21.3 Å². The molecule has 1 saturated heterocycles. The fourth-order valence-electron chi connectivity index (χ4n) is 2.11. The Kier molecular flexibility index (Phi) is 4.76. The van der Waals surface area contributed by atoms with Crippen LogP contribution in [0.25, 0.3) is 0 Å². The summed E-state index contributed by atoms with van der Waals surface area (Å²) < 4.78 is 5.58. The zero-order valence-electron chi connectivity index (χ0n) is 10.5. The van der Waals surface area contributed by atoms with Crippen molar-refractivity contribution in [1.29, 1.82) is 0 Å². The minimum atomic E-state index is 0.701. The summed E-state index contributed by atoms with van der Waals surface area (Å²) in [5, 5.41) is 3.37. The summed E-state index contributed by atoms with van der Waals surface area (Å²) in [7, 11) is 0. The standard InChI is InChI=1S/C13H21N3O/c1-2-17-13-11-15-5-3-12(13)4-8-16-9-6-14-7-10-16/h3,5,11,14H,2,4,6-10H2,1H3. The highest BCUT2D eigenvalue weighted by molar-refractivity contribution is 5.30. The Bertz CT molecular complexity index is 337. The summed E-state index contributed by atoms with van der Waals surface area (Å²) in [6.07, 6.45) is 4.70. The smallest absolute Gasteiger partial charge is 0.140 e. The van der Waals surface area contributed by atoms with Crippen molar-refractivity contribution < 1.29 is 4.74 Å². The average molecular weight is 235 g/mol. The summed E-state index contributed by atoms with van der Waals surface area (Å²) in [4.78, 5) is 6.60. The van der Waals surface area contributed by atoms with Gasteiger partial charge in [0, 0.05) is 38.9 Å². The summed E-state index contributed by atoms with van der Waals surface area (Å²) in [5.74, 6) is 0.935. The molecule has 17 heavy (non-hydrogen) atoms. The van der Waals surface area contributed by atoms with E-state index < -0.39 is 0 Å². The third-order valence-electron chi connectivity index (χ3n) is 3.08. The molecule has 0 aliphatic carbocycles. The molecule has 1 aromatic rings. The first kappa shape index (κ1) is 12.3. The second-order valence-electron chi connectivity index (χ2n) is 4.26. The maximum absolute atomic E-state index is 5.58. The topological polar surface area (TPSA) is 37.4 Å². The lowest BCUT2D eigenvalue weighted by Gasteiger charge is -2.27. The molecule has 1 aromatic heterocycles. The van der Waals surface area contributed by atoms with Crippen LogP contribution >= 0.6 is 0 Å². The van der Waals surface area contributed by atoms with Gasteiger partial charge in [0.1, 0.15) is 5.75 Å². The number of hydrogen-bond acceptors (Lipinski definition) is 4. The van der Waals surface area contributed by atoms with Gasteiger partial charge in [-0.15, -0.1) is 0 Å². The van der Waals surface area contributed by atoms with Crippen LogP contribution in [0.3, 0.4) is 0 Å². The van der Waals surface area contributed by atoms with Crippen LogP contribution in [0.1, 0.15) is 12.5 Å². The summed E-state index contributed by atoms with van der Waals surface area (Å²) in [6.45, 7) is 8.32. The molecule has 4 heteroatoms. The van der Waals surface area contributed by atoms with E-state index in [-0.39, 0.29) is 0 Å². The van der Waals surface area contributed by atoms with Gasteiger partial charge in [-0.3, -0.25) is 4.98 Å². The van der Waals surface area contributed by atoms with E-state index in [4.69, 9.17) is 4.74 Å². The minimum Gasteiger partial charge on any atom is -0.492 e. The largest absolute Gasteiger partial charge is 0.492 e. The predicted molar refractivity (Wildman–Crippen MR) is 68.4 cm³/mol. The lowest BCUT2D eigenvalue weighted by Crippen LogP contribution is -2.44. The van der Waals surface area contributed by atoms with Gasteiger partial charge in [0.15, 0.2) is 0 Å². The van der Waals surface area contributed by atoms with Gasteiger partial charge in [-0.05, 0) is 25.0 Å². The highest BCUT2D eigenvalue weighted by Gasteiger charge is 2.10. The van der Waals surface area contributed by atoms with Gasteiger partial charge in [-0.2, -0.15) is 0 Å². The fourth-order valence-corrected chi connectivity index (χ4v) is 2.11. The van der Waals surface area contributed by atoms with Gasteiger partial charge in [-0.25, -0.2) is 0 Å². The first-order chi connectivity index (χ1) is 8.40. The van der Waals surface area contributed by atoms with Gasteiger partial charge in [0.2, 0.25) is 0 Å². The van der Waals surface area contributed by atoms with Crippen LogP contribution in [0.2, 0.25) is 0 Å². The Morgan fingerprint density at radius 2 is 2.24 bits per heavy atom. The number of rotatable bonds is 5. The third-order valence-corrected chi connectivity index (χ3v) is 3.08. The number of nitrogens with one attached hydrogen (secondary N) is 1. The number of ether oxygens (including phenoxy) is 1. The van der Waals surface area contributed by atoms with Crippen molar-refractivity contribution in [3.05, 3.63) is 24.0 Å². The maximum atomic E-state index is 5.58. The number of hydrogen-bond donors (Lipinski definition) is 1. The Morgan fingerprint density at radius 3 is 3.00 bits per heavy atom. The first-order valence-corrected chi connectivity index (χ1v) is 6.39. The molecular weight excluding hydrogens is 214 g/mol. The van der Waals surface area contributed by atoms with Crippen LogP contribution in [-0.2, 0) is 6.42 Å². The second-order valence-corrected chi connectivity index (χ2v) is 4.26. The van der Waals surface area contributed by atoms with Crippen molar-refractivity contribution in [1.82, 2.24) is 15.2 Å². The molecule has 0 spiro atoms. The second kappa shape index (κ2) is 6.57. The van der Waals surface area contributed by atoms with Gasteiger partial charge in [-0.1, -0.05) is 0 Å². The van der Waals surface area contributed by atoms with Crippen molar-refractivity contribution in [2.24, 2.45) is 0 Å². The molecule has 2 rings (SSSR count). The van der Waals surface area contributed by atoms with E-state index in [9.17, 15) is 0 Å². The van der Waals surface area contributed by atoms with Crippen LogP contribution in [0.15, 0.2) is 18.5 Å². The quantitative estimate of drug-likeness (QED) is 0.824. The molecular formula is C13H21N3O. The van der Waals surface area contributed by atoms with E-state index in [0.29, 0.717) is 6.61 Å². The summed E-state index contributed by atoms with van der Waals surface area (Å²) >= 11 is 0. The van der Waals surface area contributed by atoms with E-state index in [1.807, 2.05) is 19.3 Å². The molecule has 2 heterocycles. The molecule has 1 aliphatic heterocycles. The van der Waals surface area contributed by atoms with E-state index in [1.165, 1.54) is 5.56 Å². The highest BCUT2D eigenvalue weighted by atomic mass is 16.5. The molecule has 94 valence electrons. The molecule has 1 N–H and O–H groups in total. The van der Waals surface area contributed by atoms with Gasteiger partial charge < -0.3 is 15.0 Å². The number of pyridine rings is 1. The lowest BCUT2D eigenvalue weighted by atomic mass is 10.1. The van der Waals surface area contributed by atoms with E-state index >= 15 is 0 Å².